The van der Waals surface area contributed by atoms with Crippen LogP contribution < -0.4 is 0 Å². The summed E-state index contributed by atoms with van der Waals surface area (Å²) in [5, 5.41) is 0. The van der Waals surface area contributed by atoms with Gasteiger partial charge in [0, 0.05) is 13.1 Å². The summed E-state index contributed by atoms with van der Waals surface area (Å²) in [6.45, 7) is 0. The molecule has 1 aromatic carbocycles. The second-order valence-electron chi connectivity index (χ2n) is 5.24. The van der Waals surface area contributed by atoms with Gasteiger partial charge in [-0.15, -0.1) is 0 Å². The Hall–Kier alpha value is -1.01. The number of rotatable bonds is 3. The average molecular weight is 303 g/mol. The van der Waals surface area contributed by atoms with E-state index in [1.54, 1.807) is 0 Å². The van der Waals surface area contributed by atoms with E-state index in [1.807, 2.05) is 0 Å². The van der Waals surface area contributed by atoms with Crippen molar-refractivity contribution in [3.63, 3.8) is 0 Å². The van der Waals surface area contributed by atoms with Crippen LogP contribution in [0.5, 0.6) is 0 Å². The fourth-order valence-corrected chi connectivity index (χ4v) is 4.14. The summed E-state index contributed by atoms with van der Waals surface area (Å²) in [5.74, 6) is -1.66. The van der Waals surface area contributed by atoms with Gasteiger partial charge in [-0.2, -0.15) is 4.31 Å². The zero-order valence-corrected chi connectivity index (χ0v) is 12.3. The maximum absolute atomic E-state index is 13.7. The van der Waals surface area contributed by atoms with E-state index in [0.717, 1.165) is 56.7 Å². The highest BCUT2D eigenvalue weighted by molar-refractivity contribution is 7.89. The molecule has 0 spiro atoms. The molecule has 0 bridgehead atoms. The first kappa shape index (κ1) is 15.4. The highest BCUT2D eigenvalue weighted by atomic mass is 32.2. The Labute approximate surface area is 118 Å². The standard InChI is InChI=1S/C14H19F2NO2S/c1-17(12-6-4-2-3-5-7-12)20(18,19)14-10-11(15)8-9-13(14)16/h8-10,12H,2-7H2,1H3. The Morgan fingerprint density at radius 3 is 2.30 bits per heavy atom. The molecule has 0 atom stereocenters. The van der Waals surface area contributed by atoms with E-state index in [9.17, 15) is 17.2 Å². The van der Waals surface area contributed by atoms with Gasteiger partial charge in [-0.05, 0) is 31.0 Å². The third-order valence-corrected chi connectivity index (χ3v) is 5.81. The number of nitrogens with zero attached hydrogens (tertiary/aromatic N) is 1. The van der Waals surface area contributed by atoms with Gasteiger partial charge in [-0.1, -0.05) is 25.7 Å². The lowest BCUT2D eigenvalue weighted by molar-refractivity contribution is 0.334. The summed E-state index contributed by atoms with van der Waals surface area (Å²) in [7, 11) is -2.54. The molecule has 6 heteroatoms. The Balaban J connectivity index is 2.31. The third-order valence-electron chi connectivity index (χ3n) is 3.89. The van der Waals surface area contributed by atoms with Crippen LogP contribution in [-0.2, 0) is 10.0 Å². The molecule has 0 aromatic heterocycles. The smallest absolute Gasteiger partial charge is 0.207 e. The molecular formula is C14H19F2NO2S. The summed E-state index contributed by atoms with van der Waals surface area (Å²) < 4.78 is 53.0. The maximum atomic E-state index is 13.7. The number of benzene rings is 1. The van der Waals surface area contributed by atoms with Gasteiger partial charge in [0.1, 0.15) is 16.5 Å². The summed E-state index contributed by atoms with van der Waals surface area (Å²) in [6, 6.07) is 2.38. The van der Waals surface area contributed by atoms with Crippen LogP contribution >= 0.6 is 0 Å². The first-order valence-electron chi connectivity index (χ1n) is 6.86. The lowest BCUT2D eigenvalue weighted by Gasteiger charge is -2.26. The maximum Gasteiger partial charge on any atom is 0.246 e. The van der Waals surface area contributed by atoms with E-state index in [-0.39, 0.29) is 6.04 Å². The monoisotopic (exact) mass is 303 g/mol. The van der Waals surface area contributed by atoms with Gasteiger partial charge in [0.2, 0.25) is 10.0 Å². The normalized spacial score (nSPS) is 18.2. The molecule has 0 amide bonds. The molecule has 2 rings (SSSR count). The second kappa shape index (κ2) is 6.18. The average Bonchev–Trinajstić information content (AvgIpc) is 2.69. The minimum atomic E-state index is -3.99. The summed E-state index contributed by atoms with van der Waals surface area (Å²) in [6.07, 6.45) is 5.67. The Kier molecular flexibility index (Phi) is 4.75. The molecular weight excluding hydrogens is 284 g/mol. The predicted octanol–water partition coefficient (Wildman–Crippen LogP) is 3.31. The molecule has 3 nitrogen and oxygen atoms in total. The number of hydrogen-bond acceptors (Lipinski definition) is 2. The van der Waals surface area contributed by atoms with Crippen LogP contribution in [0.15, 0.2) is 23.1 Å². The van der Waals surface area contributed by atoms with Gasteiger partial charge >= 0.3 is 0 Å². The van der Waals surface area contributed by atoms with Gasteiger partial charge in [0.15, 0.2) is 0 Å². The van der Waals surface area contributed by atoms with Gasteiger partial charge < -0.3 is 0 Å². The molecule has 1 saturated carbocycles. The molecule has 1 aliphatic carbocycles. The first-order chi connectivity index (χ1) is 9.43. The summed E-state index contributed by atoms with van der Waals surface area (Å²) in [5.41, 5.74) is 0. The third kappa shape index (κ3) is 3.17. The van der Waals surface area contributed by atoms with Crippen molar-refractivity contribution in [1.29, 1.82) is 0 Å². The largest absolute Gasteiger partial charge is 0.246 e. The quantitative estimate of drug-likeness (QED) is 0.803. The minimum Gasteiger partial charge on any atom is -0.207 e. The Morgan fingerprint density at radius 2 is 1.70 bits per heavy atom. The van der Waals surface area contributed by atoms with E-state index in [1.165, 1.54) is 11.4 Å². The zero-order chi connectivity index (χ0) is 14.8. The molecule has 0 unspecified atom stereocenters. The fraction of sp³-hybridized carbons (Fsp3) is 0.571. The van der Waals surface area contributed by atoms with E-state index in [2.05, 4.69) is 0 Å². The van der Waals surface area contributed by atoms with E-state index < -0.39 is 26.6 Å². The Bertz CT molecular complexity index is 567. The molecule has 0 saturated heterocycles. The molecule has 1 fully saturated rings. The highest BCUT2D eigenvalue weighted by Crippen LogP contribution is 2.27. The molecule has 112 valence electrons. The van der Waals surface area contributed by atoms with Gasteiger partial charge in [-0.25, -0.2) is 17.2 Å². The van der Waals surface area contributed by atoms with Gasteiger partial charge in [0.05, 0.1) is 0 Å². The fourth-order valence-electron chi connectivity index (χ4n) is 2.65. The van der Waals surface area contributed by atoms with E-state index in [0.29, 0.717) is 0 Å². The van der Waals surface area contributed by atoms with Crippen molar-refractivity contribution in [1.82, 2.24) is 4.31 Å². The highest BCUT2D eigenvalue weighted by Gasteiger charge is 2.30. The van der Waals surface area contributed by atoms with E-state index >= 15 is 0 Å². The van der Waals surface area contributed by atoms with Crippen molar-refractivity contribution >= 4 is 10.0 Å². The van der Waals surface area contributed by atoms with Crippen LogP contribution in [0.25, 0.3) is 0 Å². The summed E-state index contributed by atoms with van der Waals surface area (Å²) >= 11 is 0. The van der Waals surface area contributed by atoms with Crippen molar-refractivity contribution in [2.75, 3.05) is 7.05 Å². The predicted molar refractivity (Wildman–Crippen MR) is 72.8 cm³/mol. The molecule has 1 aromatic rings. The molecule has 1 aliphatic rings. The topological polar surface area (TPSA) is 37.4 Å². The number of hydrogen-bond donors (Lipinski definition) is 0. The van der Waals surface area contributed by atoms with Crippen LogP contribution in [0.2, 0.25) is 0 Å². The van der Waals surface area contributed by atoms with Crippen molar-refractivity contribution in [2.45, 2.75) is 49.5 Å². The summed E-state index contributed by atoms with van der Waals surface area (Å²) in [4.78, 5) is -0.579. The molecule has 0 heterocycles. The van der Waals surface area contributed by atoms with Gasteiger partial charge in [0.25, 0.3) is 0 Å². The van der Waals surface area contributed by atoms with Crippen LogP contribution in [0.3, 0.4) is 0 Å². The minimum absolute atomic E-state index is 0.134. The van der Waals surface area contributed by atoms with Crippen molar-refractivity contribution in [2.24, 2.45) is 0 Å². The van der Waals surface area contributed by atoms with Crippen molar-refractivity contribution in [3.8, 4) is 0 Å². The lowest BCUT2D eigenvalue weighted by atomic mass is 10.1. The zero-order valence-electron chi connectivity index (χ0n) is 11.5. The SMILES string of the molecule is CN(C1CCCCCC1)S(=O)(=O)c1cc(F)ccc1F. The molecule has 0 N–H and O–H groups in total. The lowest BCUT2D eigenvalue weighted by Crippen LogP contribution is -2.37. The second-order valence-corrected chi connectivity index (χ2v) is 7.21. The van der Waals surface area contributed by atoms with Crippen LogP contribution in [-0.4, -0.2) is 25.8 Å². The first-order valence-corrected chi connectivity index (χ1v) is 8.30. The number of sulfonamides is 1. The van der Waals surface area contributed by atoms with Crippen molar-refractivity contribution < 1.29 is 17.2 Å². The molecule has 0 radical (unpaired) electrons. The van der Waals surface area contributed by atoms with Crippen LogP contribution in [0, 0.1) is 11.6 Å². The number of halogens is 2. The Morgan fingerprint density at radius 1 is 1.10 bits per heavy atom. The van der Waals surface area contributed by atoms with E-state index in [4.69, 9.17) is 0 Å². The van der Waals surface area contributed by atoms with Gasteiger partial charge in [-0.3, -0.25) is 0 Å². The molecule has 20 heavy (non-hydrogen) atoms. The van der Waals surface area contributed by atoms with Crippen molar-refractivity contribution in [3.05, 3.63) is 29.8 Å². The van der Waals surface area contributed by atoms with Crippen LogP contribution in [0.1, 0.15) is 38.5 Å². The van der Waals surface area contributed by atoms with Crippen LogP contribution in [0.4, 0.5) is 8.78 Å². The molecule has 0 aliphatic heterocycles.